The van der Waals surface area contributed by atoms with Crippen molar-refractivity contribution in [1.29, 1.82) is 0 Å². The Morgan fingerprint density at radius 3 is 2.40 bits per heavy atom. The van der Waals surface area contributed by atoms with Crippen LogP contribution < -0.4 is 14.9 Å². The maximum absolute atomic E-state index is 12.7. The Morgan fingerprint density at radius 1 is 1.10 bits per heavy atom. The van der Waals surface area contributed by atoms with Crippen molar-refractivity contribution in [1.82, 2.24) is 4.98 Å². The average Bonchev–Trinajstić information content (AvgIpc) is 3.19. The molecule has 0 saturated heterocycles. The SMILES string of the molecule is COc1cc(/C=N/Nc2nc(-c3ccc(C(F)(F)F)cc3)cs2)c(Br)c(Br)c1OC. The Morgan fingerprint density at radius 2 is 1.80 bits per heavy atom. The molecular weight excluding hydrogens is 551 g/mol. The number of hydrazone groups is 1. The van der Waals surface area contributed by atoms with Gasteiger partial charge in [0, 0.05) is 21.0 Å². The molecule has 0 fully saturated rings. The first-order valence-corrected chi connectivity index (χ1v) is 10.7. The largest absolute Gasteiger partial charge is 0.493 e. The van der Waals surface area contributed by atoms with Crippen molar-refractivity contribution in [2.45, 2.75) is 6.18 Å². The van der Waals surface area contributed by atoms with Crippen LogP contribution in [0, 0.1) is 0 Å². The van der Waals surface area contributed by atoms with Crippen LogP contribution in [0.1, 0.15) is 11.1 Å². The molecule has 30 heavy (non-hydrogen) atoms. The monoisotopic (exact) mass is 563 g/mol. The fourth-order valence-corrected chi connectivity index (χ4v) is 4.14. The molecular formula is C19H14Br2F3N3O2S. The lowest BCUT2D eigenvalue weighted by atomic mass is 10.1. The smallest absolute Gasteiger partial charge is 0.416 e. The van der Waals surface area contributed by atoms with Gasteiger partial charge in [0.2, 0.25) is 5.13 Å². The third-order valence-electron chi connectivity index (χ3n) is 3.96. The number of hydrogen-bond donors (Lipinski definition) is 1. The minimum atomic E-state index is -4.37. The standard InChI is InChI=1S/C19H14Br2F3N3O2S/c1-28-14-7-11(15(20)16(21)17(14)29-2)8-25-27-18-26-13(9-30-18)10-3-5-12(6-4-10)19(22,23)24/h3-9H,1-2H3,(H,26,27)/b25-8+. The van der Waals surface area contributed by atoms with E-state index in [0.29, 0.717) is 32.4 Å². The summed E-state index contributed by atoms with van der Waals surface area (Å²) in [4.78, 5) is 4.35. The van der Waals surface area contributed by atoms with E-state index in [2.05, 4.69) is 47.4 Å². The number of rotatable bonds is 6. The number of hydrogen-bond acceptors (Lipinski definition) is 6. The van der Waals surface area contributed by atoms with Gasteiger partial charge in [-0.1, -0.05) is 12.1 Å². The highest BCUT2D eigenvalue weighted by atomic mass is 79.9. The number of nitrogens with one attached hydrogen (secondary N) is 1. The molecule has 0 atom stereocenters. The van der Waals surface area contributed by atoms with Gasteiger partial charge in [0.25, 0.3) is 0 Å². The third kappa shape index (κ3) is 4.96. The van der Waals surface area contributed by atoms with Gasteiger partial charge >= 0.3 is 6.18 Å². The van der Waals surface area contributed by atoms with Gasteiger partial charge in [-0.3, -0.25) is 5.43 Å². The molecule has 3 aromatic rings. The zero-order valence-electron chi connectivity index (χ0n) is 15.6. The van der Waals surface area contributed by atoms with Crippen LogP contribution in [0.2, 0.25) is 0 Å². The Hall–Kier alpha value is -2.11. The number of thiazole rings is 1. The van der Waals surface area contributed by atoms with E-state index in [-0.39, 0.29) is 0 Å². The summed E-state index contributed by atoms with van der Waals surface area (Å²) in [6.07, 6.45) is -2.79. The number of alkyl halides is 3. The van der Waals surface area contributed by atoms with Gasteiger partial charge < -0.3 is 9.47 Å². The molecule has 2 aromatic carbocycles. The second-order valence-corrected chi connectivity index (χ2v) is 8.26. The first-order valence-electron chi connectivity index (χ1n) is 8.26. The van der Waals surface area contributed by atoms with Crippen molar-refractivity contribution in [3.8, 4) is 22.8 Å². The summed E-state index contributed by atoms with van der Waals surface area (Å²) < 4.78 is 50.1. The van der Waals surface area contributed by atoms with Crippen molar-refractivity contribution in [2.24, 2.45) is 5.10 Å². The molecule has 158 valence electrons. The number of anilines is 1. The Bertz CT molecular complexity index is 1070. The van der Waals surface area contributed by atoms with E-state index in [4.69, 9.17) is 9.47 Å². The first kappa shape index (κ1) is 22.6. The van der Waals surface area contributed by atoms with Gasteiger partial charge in [0.1, 0.15) is 0 Å². The highest BCUT2D eigenvalue weighted by molar-refractivity contribution is 9.13. The van der Waals surface area contributed by atoms with Gasteiger partial charge in [-0.2, -0.15) is 18.3 Å². The van der Waals surface area contributed by atoms with Crippen LogP contribution in [0.5, 0.6) is 11.5 Å². The number of nitrogens with zero attached hydrogens (tertiary/aromatic N) is 2. The maximum atomic E-state index is 12.7. The topological polar surface area (TPSA) is 55.7 Å². The minimum absolute atomic E-state index is 0.497. The lowest BCUT2D eigenvalue weighted by molar-refractivity contribution is -0.137. The summed E-state index contributed by atoms with van der Waals surface area (Å²) in [6, 6.07) is 6.61. The third-order valence-corrected chi connectivity index (χ3v) is 6.85. The predicted octanol–water partition coefficient (Wildman–Crippen LogP) is 6.82. The quantitative estimate of drug-likeness (QED) is 0.264. The van der Waals surface area contributed by atoms with Crippen molar-refractivity contribution in [2.75, 3.05) is 19.6 Å². The fourth-order valence-electron chi connectivity index (χ4n) is 2.49. The number of methoxy groups -OCH3 is 2. The van der Waals surface area contributed by atoms with E-state index in [1.807, 2.05) is 0 Å². The number of aromatic nitrogens is 1. The molecule has 11 heteroatoms. The van der Waals surface area contributed by atoms with Crippen molar-refractivity contribution < 1.29 is 22.6 Å². The van der Waals surface area contributed by atoms with Crippen LogP contribution in [-0.4, -0.2) is 25.4 Å². The molecule has 0 bridgehead atoms. The second-order valence-electron chi connectivity index (χ2n) is 5.81. The van der Waals surface area contributed by atoms with Crippen LogP contribution in [0.4, 0.5) is 18.3 Å². The highest BCUT2D eigenvalue weighted by Gasteiger charge is 2.30. The molecule has 0 aliphatic heterocycles. The summed E-state index contributed by atoms with van der Waals surface area (Å²) in [5, 5.41) is 6.41. The number of benzene rings is 2. The van der Waals surface area contributed by atoms with E-state index >= 15 is 0 Å². The first-order chi connectivity index (χ1) is 14.2. The van der Waals surface area contributed by atoms with E-state index in [0.717, 1.165) is 22.2 Å². The van der Waals surface area contributed by atoms with Crippen LogP contribution >= 0.6 is 43.2 Å². The summed E-state index contributed by atoms with van der Waals surface area (Å²) in [6.45, 7) is 0. The molecule has 1 heterocycles. The summed E-state index contributed by atoms with van der Waals surface area (Å²) in [5.74, 6) is 1.09. The fraction of sp³-hybridized carbons (Fsp3) is 0.158. The van der Waals surface area contributed by atoms with Gasteiger partial charge in [-0.15, -0.1) is 11.3 Å². The van der Waals surface area contributed by atoms with Gasteiger partial charge in [-0.25, -0.2) is 4.98 Å². The molecule has 1 N–H and O–H groups in total. The molecule has 0 radical (unpaired) electrons. The van der Waals surface area contributed by atoms with Crippen molar-refractivity contribution in [3.63, 3.8) is 0 Å². The molecule has 0 amide bonds. The van der Waals surface area contributed by atoms with Gasteiger partial charge in [0.05, 0.1) is 36.2 Å². The summed E-state index contributed by atoms with van der Waals surface area (Å²) in [7, 11) is 3.08. The molecule has 0 aliphatic rings. The normalized spacial score (nSPS) is 11.7. The zero-order valence-corrected chi connectivity index (χ0v) is 19.5. The van der Waals surface area contributed by atoms with Gasteiger partial charge in [-0.05, 0) is 50.1 Å². The van der Waals surface area contributed by atoms with Crippen molar-refractivity contribution in [3.05, 3.63) is 55.8 Å². The van der Waals surface area contributed by atoms with Crippen LogP contribution in [0.3, 0.4) is 0 Å². The van der Waals surface area contributed by atoms with E-state index in [1.165, 1.54) is 30.6 Å². The molecule has 0 unspecified atom stereocenters. The predicted molar refractivity (Wildman–Crippen MR) is 119 cm³/mol. The lowest BCUT2D eigenvalue weighted by Gasteiger charge is -2.12. The van der Waals surface area contributed by atoms with E-state index < -0.39 is 11.7 Å². The maximum Gasteiger partial charge on any atom is 0.416 e. The van der Waals surface area contributed by atoms with E-state index in [1.54, 1.807) is 24.8 Å². The molecule has 5 nitrogen and oxygen atoms in total. The average molecular weight is 565 g/mol. The minimum Gasteiger partial charge on any atom is -0.493 e. The number of halogens is 5. The molecule has 0 saturated carbocycles. The molecule has 1 aromatic heterocycles. The van der Waals surface area contributed by atoms with Crippen molar-refractivity contribution >= 4 is 54.5 Å². The highest BCUT2D eigenvalue weighted by Crippen LogP contribution is 2.42. The zero-order chi connectivity index (χ0) is 21.9. The van der Waals surface area contributed by atoms with Gasteiger partial charge in [0.15, 0.2) is 11.5 Å². The summed E-state index contributed by atoms with van der Waals surface area (Å²) >= 11 is 8.22. The Balaban J connectivity index is 1.74. The second kappa shape index (κ2) is 9.36. The summed E-state index contributed by atoms with van der Waals surface area (Å²) in [5.41, 5.74) is 3.99. The molecule has 3 rings (SSSR count). The Labute approximate surface area is 191 Å². The van der Waals surface area contributed by atoms with Crippen LogP contribution in [-0.2, 0) is 6.18 Å². The van der Waals surface area contributed by atoms with Crippen LogP contribution in [0.15, 0.2) is 49.8 Å². The molecule has 0 aliphatic carbocycles. The Kier molecular flexibility index (Phi) is 7.04. The molecule has 0 spiro atoms. The van der Waals surface area contributed by atoms with Crippen LogP contribution in [0.25, 0.3) is 11.3 Å². The lowest BCUT2D eigenvalue weighted by Crippen LogP contribution is -2.03. The van der Waals surface area contributed by atoms with E-state index in [9.17, 15) is 13.2 Å². The number of ether oxygens (including phenoxy) is 2.